The van der Waals surface area contributed by atoms with Gasteiger partial charge in [0, 0.05) is 72.0 Å². The number of hydroxylamine groups is 3. The Morgan fingerprint density at radius 3 is 2.62 bits per heavy atom. The van der Waals surface area contributed by atoms with Gasteiger partial charge in [0.15, 0.2) is 0 Å². The molecule has 4 unspecified atom stereocenters. The number of hydrogen-bond donors (Lipinski definition) is 4. The largest absolute Gasteiger partial charge is 0.371 e. The molecule has 0 spiro atoms. The smallest absolute Gasteiger partial charge is 0.333 e. The second-order valence-electron chi connectivity index (χ2n) is 8.47. The molecule has 0 aromatic heterocycles. The Bertz CT molecular complexity index is 826. The van der Waals surface area contributed by atoms with Crippen molar-refractivity contribution in [3.63, 3.8) is 0 Å². The second kappa shape index (κ2) is 16.8. The first-order chi connectivity index (χ1) is 17.4. The van der Waals surface area contributed by atoms with Crippen LogP contribution in [0.3, 0.4) is 0 Å². The summed E-state index contributed by atoms with van der Waals surface area (Å²) in [6, 6.07) is 0.268. The summed E-state index contributed by atoms with van der Waals surface area (Å²) in [4.78, 5) is 68.7. The van der Waals surface area contributed by atoms with Gasteiger partial charge in [-0.25, -0.2) is 14.8 Å². The molecule has 3 aliphatic rings. The van der Waals surface area contributed by atoms with Crippen LogP contribution in [0.5, 0.6) is 0 Å². The van der Waals surface area contributed by atoms with Gasteiger partial charge in [-0.2, -0.15) is 17.2 Å². The molecule has 0 aliphatic carbocycles. The van der Waals surface area contributed by atoms with E-state index in [9.17, 15) is 24.0 Å². The zero-order chi connectivity index (χ0) is 25.9. The molecule has 0 aromatic rings. The summed E-state index contributed by atoms with van der Waals surface area (Å²) in [5.41, 5.74) is 2.62. The van der Waals surface area contributed by atoms with E-state index in [0.717, 1.165) is 18.6 Å². The van der Waals surface area contributed by atoms with E-state index < -0.39 is 23.0 Å². The summed E-state index contributed by atoms with van der Waals surface area (Å²) in [5.74, 6) is -1.61. The fraction of sp³-hybridized carbons (Fsp3) is 0.750. The van der Waals surface area contributed by atoms with Crippen molar-refractivity contribution >= 4 is 83.1 Å². The molecule has 14 nitrogen and oxygen atoms in total. The standard InChI is InChI=1S/C20H30N4O10S2.Na/c25-15-10-14(36-34-33-30)19(28)24(15)32-17(27)8-2-1-5-9-21-31-16(26)7-4-3-6-13-18-12(11-35-13)22-20(29)23-18;/h12-14,18,21,30H,1-11H2,(H2,22,23,29);. The van der Waals surface area contributed by atoms with Crippen molar-refractivity contribution in [1.29, 1.82) is 0 Å². The van der Waals surface area contributed by atoms with E-state index in [2.05, 4.69) is 25.5 Å². The van der Waals surface area contributed by atoms with Crippen molar-refractivity contribution in [3.8, 4) is 0 Å². The maximum Gasteiger partial charge on any atom is 0.333 e. The fourth-order valence-electron chi connectivity index (χ4n) is 4.05. The Morgan fingerprint density at radius 1 is 1.08 bits per heavy atom. The summed E-state index contributed by atoms with van der Waals surface area (Å²) in [6.45, 7) is 0.421. The number of fused-ring (bicyclic) bond motifs is 1. The van der Waals surface area contributed by atoms with Crippen LogP contribution in [0.25, 0.3) is 0 Å². The van der Waals surface area contributed by atoms with E-state index in [1.54, 1.807) is 0 Å². The molecule has 4 amide bonds. The maximum absolute atomic E-state index is 12.0. The third-order valence-electron chi connectivity index (χ3n) is 5.84. The van der Waals surface area contributed by atoms with Crippen molar-refractivity contribution in [3.05, 3.63) is 0 Å². The second-order valence-corrected chi connectivity index (χ2v) is 10.6. The van der Waals surface area contributed by atoms with Gasteiger partial charge in [0.05, 0.1) is 18.5 Å². The van der Waals surface area contributed by atoms with Crippen LogP contribution < -0.4 is 16.1 Å². The van der Waals surface area contributed by atoms with Crippen molar-refractivity contribution in [2.75, 3.05) is 12.3 Å². The number of amides is 4. The SMILES string of the molecule is O=C1NC2CSC(CCCCC(=O)ONCCCCCC(=O)ON3C(=O)CC(SOOO)C3=O)C2N1.[Na]. The minimum absolute atomic E-state index is 0. The van der Waals surface area contributed by atoms with Gasteiger partial charge >= 0.3 is 18.0 Å². The average Bonchev–Trinajstić information content (AvgIpc) is 3.48. The normalized spacial score (nSPS) is 24.4. The van der Waals surface area contributed by atoms with Crippen molar-refractivity contribution in [2.45, 2.75) is 80.4 Å². The van der Waals surface area contributed by atoms with Gasteiger partial charge in [-0.05, 0) is 25.7 Å². The number of nitrogens with zero attached hydrogens (tertiary/aromatic N) is 1. The molecule has 3 fully saturated rings. The van der Waals surface area contributed by atoms with E-state index in [-0.39, 0.29) is 66.5 Å². The third kappa shape index (κ3) is 10.2. The minimum atomic E-state index is -0.973. The number of rotatable bonds is 16. The zero-order valence-electron chi connectivity index (χ0n) is 20.5. The molecule has 1 radical (unpaired) electrons. The molecule has 17 heteroatoms. The van der Waals surface area contributed by atoms with Crippen LogP contribution in [0.4, 0.5) is 4.79 Å². The summed E-state index contributed by atoms with van der Waals surface area (Å²) in [7, 11) is 0. The first-order valence-corrected chi connectivity index (χ1v) is 13.6. The number of carbonyl (C=O) groups is 5. The molecule has 4 atom stereocenters. The van der Waals surface area contributed by atoms with E-state index in [0.29, 0.717) is 61.0 Å². The first-order valence-electron chi connectivity index (χ1n) is 11.7. The molecule has 3 saturated heterocycles. The van der Waals surface area contributed by atoms with Crippen LogP contribution in [-0.2, 0) is 38.2 Å². The van der Waals surface area contributed by atoms with Gasteiger partial charge in [-0.3, -0.25) is 14.4 Å². The minimum Gasteiger partial charge on any atom is -0.371 e. The molecule has 37 heavy (non-hydrogen) atoms. The summed E-state index contributed by atoms with van der Waals surface area (Å²) in [6.07, 6.45) is 4.32. The number of unbranched alkanes of at least 4 members (excludes halogenated alkanes) is 3. The Hall–Kier alpha value is -1.11. The van der Waals surface area contributed by atoms with Gasteiger partial charge in [0.25, 0.3) is 11.8 Å². The Kier molecular flexibility index (Phi) is 14.5. The summed E-state index contributed by atoms with van der Waals surface area (Å²) >= 11 is 2.28. The monoisotopic (exact) mass is 573 g/mol. The first kappa shape index (κ1) is 32.1. The third-order valence-corrected chi connectivity index (χ3v) is 8.09. The van der Waals surface area contributed by atoms with Crippen LogP contribution in [0.1, 0.15) is 57.8 Å². The number of imide groups is 1. The van der Waals surface area contributed by atoms with Gasteiger partial charge < -0.3 is 20.3 Å². The summed E-state index contributed by atoms with van der Waals surface area (Å²) in [5, 5.41) is 17.2. The zero-order valence-corrected chi connectivity index (χ0v) is 24.1. The quantitative estimate of drug-likeness (QED) is 0.0383. The van der Waals surface area contributed by atoms with Crippen LogP contribution in [-0.4, -0.2) is 105 Å². The number of carbonyl (C=O) groups excluding carboxylic acids is 5. The predicted octanol–water partition coefficient (Wildman–Crippen LogP) is 0.595. The van der Waals surface area contributed by atoms with Crippen molar-refractivity contribution in [1.82, 2.24) is 21.2 Å². The maximum atomic E-state index is 12.0. The van der Waals surface area contributed by atoms with Gasteiger partial charge in [0.2, 0.25) is 0 Å². The van der Waals surface area contributed by atoms with Gasteiger partial charge in [0.1, 0.15) is 5.25 Å². The molecule has 3 rings (SSSR count). The van der Waals surface area contributed by atoms with Crippen LogP contribution in [0.15, 0.2) is 0 Å². The molecule has 3 aliphatic heterocycles. The number of thioether (sulfide) groups is 1. The van der Waals surface area contributed by atoms with Crippen LogP contribution in [0.2, 0.25) is 0 Å². The molecule has 203 valence electrons. The van der Waals surface area contributed by atoms with E-state index in [4.69, 9.17) is 14.9 Å². The molecule has 0 saturated carbocycles. The van der Waals surface area contributed by atoms with Gasteiger partial charge in [-0.15, -0.1) is 9.40 Å². The average molecular weight is 574 g/mol. The molecular formula is C20H30N4NaO10S2. The van der Waals surface area contributed by atoms with Crippen LogP contribution in [0, 0.1) is 0 Å². The topological polar surface area (TPSA) is 182 Å². The molecule has 4 N–H and O–H groups in total. The van der Waals surface area contributed by atoms with E-state index in [1.165, 1.54) is 0 Å². The molecule has 0 bridgehead atoms. The number of urea groups is 1. The Labute approximate surface area is 244 Å². The Balaban J connectivity index is 0.00000481. The van der Waals surface area contributed by atoms with E-state index in [1.807, 2.05) is 11.8 Å². The molecule has 0 aromatic carbocycles. The van der Waals surface area contributed by atoms with Crippen LogP contribution >= 0.6 is 23.8 Å². The van der Waals surface area contributed by atoms with Crippen molar-refractivity contribution < 1.29 is 48.3 Å². The van der Waals surface area contributed by atoms with E-state index >= 15 is 0 Å². The predicted molar refractivity (Wildman–Crippen MR) is 131 cm³/mol. The number of hydrogen-bond acceptors (Lipinski definition) is 13. The summed E-state index contributed by atoms with van der Waals surface area (Å²) < 4.78 is 4.16. The Morgan fingerprint density at radius 2 is 1.84 bits per heavy atom. The molecular weight excluding hydrogens is 543 g/mol. The van der Waals surface area contributed by atoms with Gasteiger partial charge in [-0.1, -0.05) is 17.9 Å². The number of nitrogens with one attached hydrogen (secondary N) is 3. The molecule has 3 heterocycles. The van der Waals surface area contributed by atoms with Crippen molar-refractivity contribution in [2.24, 2.45) is 0 Å². The fourth-order valence-corrected chi connectivity index (χ4v) is 6.11.